The van der Waals surface area contributed by atoms with Gasteiger partial charge in [0.05, 0.1) is 12.2 Å². The molecule has 0 atom stereocenters. The van der Waals surface area contributed by atoms with Gasteiger partial charge in [-0.3, -0.25) is 5.10 Å². The van der Waals surface area contributed by atoms with Crippen LogP contribution in [0.2, 0.25) is 0 Å². The van der Waals surface area contributed by atoms with Gasteiger partial charge in [-0.1, -0.05) is 0 Å². The molecule has 0 spiro atoms. The quantitative estimate of drug-likeness (QED) is 0.780. The third-order valence-electron chi connectivity index (χ3n) is 1.89. The molecule has 0 saturated heterocycles. The van der Waals surface area contributed by atoms with Crippen molar-refractivity contribution in [2.24, 2.45) is 0 Å². The minimum Gasteiger partial charge on any atom is -0.379 e. The Bertz CT molecular complexity index is 380. The molecule has 0 aliphatic heterocycles. The van der Waals surface area contributed by atoms with Crippen molar-refractivity contribution in [3.63, 3.8) is 0 Å². The molecule has 0 unspecified atom stereocenters. The summed E-state index contributed by atoms with van der Waals surface area (Å²) in [5, 5.41) is 9.79. The normalized spacial score (nSPS) is 10.1. The van der Waals surface area contributed by atoms with Crippen molar-refractivity contribution in [2.45, 2.75) is 6.54 Å². The molecule has 0 aliphatic rings. The maximum atomic E-state index is 12.6. The molecular weight excluding hydrogens is 181 g/mol. The van der Waals surface area contributed by atoms with E-state index in [9.17, 15) is 4.39 Å². The lowest BCUT2D eigenvalue weighted by Crippen LogP contribution is -1.99. The Morgan fingerprint density at radius 2 is 2.00 bits per heavy atom. The molecule has 4 heteroatoms. The predicted molar refractivity (Wildman–Crippen MR) is 52.3 cm³/mol. The Labute approximate surface area is 81.0 Å². The molecule has 0 bridgehead atoms. The Hall–Kier alpha value is -1.84. The number of nitrogens with zero attached hydrogens (tertiary/aromatic N) is 1. The lowest BCUT2D eigenvalue weighted by Gasteiger charge is -2.03. The van der Waals surface area contributed by atoms with Gasteiger partial charge in [-0.25, -0.2) is 4.39 Å². The summed E-state index contributed by atoms with van der Waals surface area (Å²) in [6.07, 6.45) is 1.70. The van der Waals surface area contributed by atoms with E-state index >= 15 is 0 Å². The van der Waals surface area contributed by atoms with Crippen LogP contribution in [0.3, 0.4) is 0 Å². The molecule has 14 heavy (non-hydrogen) atoms. The minimum atomic E-state index is -0.225. The van der Waals surface area contributed by atoms with Crippen LogP contribution in [-0.2, 0) is 6.54 Å². The number of benzene rings is 1. The van der Waals surface area contributed by atoms with Gasteiger partial charge in [-0.2, -0.15) is 5.10 Å². The highest BCUT2D eigenvalue weighted by atomic mass is 19.1. The van der Waals surface area contributed by atoms with Crippen LogP contribution in [0.4, 0.5) is 10.1 Å². The molecule has 72 valence electrons. The molecule has 1 heterocycles. The summed E-state index contributed by atoms with van der Waals surface area (Å²) < 4.78 is 12.6. The number of aromatic nitrogens is 2. The fourth-order valence-electron chi connectivity index (χ4n) is 1.15. The summed E-state index contributed by atoms with van der Waals surface area (Å²) in [5.41, 5.74) is 1.88. The van der Waals surface area contributed by atoms with Gasteiger partial charge in [-0.05, 0) is 30.3 Å². The number of nitrogens with one attached hydrogen (secondary N) is 2. The lowest BCUT2D eigenvalue weighted by atomic mass is 10.3. The summed E-state index contributed by atoms with van der Waals surface area (Å²) in [5.74, 6) is -0.225. The van der Waals surface area contributed by atoms with Crippen LogP contribution in [0.5, 0.6) is 0 Å². The van der Waals surface area contributed by atoms with Crippen LogP contribution in [0, 0.1) is 5.82 Å². The number of hydrogen-bond acceptors (Lipinski definition) is 2. The van der Waals surface area contributed by atoms with E-state index < -0.39 is 0 Å². The van der Waals surface area contributed by atoms with Crippen LogP contribution in [0.1, 0.15) is 5.69 Å². The summed E-state index contributed by atoms with van der Waals surface area (Å²) in [4.78, 5) is 0. The SMILES string of the molecule is Fc1ccc(NCc2ccn[nH]2)cc1. The number of halogens is 1. The van der Waals surface area contributed by atoms with E-state index in [4.69, 9.17) is 0 Å². The second-order valence-corrected chi connectivity index (χ2v) is 2.94. The Morgan fingerprint density at radius 1 is 1.21 bits per heavy atom. The molecular formula is C10H10FN3. The maximum absolute atomic E-state index is 12.6. The monoisotopic (exact) mass is 191 g/mol. The van der Waals surface area contributed by atoms with E-state index in [-0.39, 0.29) is 5.82 Å². The summed E-state index contributed by atoms with van der Waals surface area (Å²) >= 11 is 0. The first-order valence-electron chi connectivity index (χ1n) is 4.32. The zero-order valence-electron chi connectivity index (χ0n) is 7.50. The largest absolute Gasteiger partial charge is 0.379 e. The Balaban J connectivity index is 1.95. The topological polar surface area (TPSA) is 40.7 Å². The zero-order chi connectivity index (χ0) is 9.80. The highest BCUT2D eigenvalue weighted by molar-refractivity contribution is 5.42. The number of rotatable bonds is 3. The molecule has 0 saturated carbocycles. The predicted octanol–water partition coefficient (Wildman–Crippen LogP) is 2.16. The van der Waals surface area contributed by atoms with E-state index in [1.165, 1.54) is 12.1 Å². The number of H-pyrrole nitrogens is 1. The van der Waals surface area contributed by atoms with Crippen LogP contribution in [0.15, 0.2) is 36.5 Å². The van der Waals surface area contributed by atoms with Gasteiger partial charge >= 0.3 is 0 Å². The first-order valence-corrected chi connectivity index (χ1v) is 4.32. The van der Waals surface area contributed by atoms with Gasteiger partial charge in [-0.15, -0.1) is 0 Å². The van der Waals surface area contributed by atoms with E-state index in [0.29, 0.717) is 6.54 Å². The van der Waals surface area contributed by atoms with Crippen LogP contribution in [-0.4, -0.2) is 10.2 Å². The van der Waals surface area contributed by atoms with E-state index in [1.54, 1.807) is 18.3 Å². The van der Waals surface area contributed by atoms with Gasteiger partial charge in [0.25, 0.3) is 0 Å². The van der Waals surface area contributed by atoms with Crippen molar-refractivity contribution in [1.29, 1.82) is 0 Å². The second-order valence-electron chi connectivity index (χ2n) is 2.94. The fourth-order valence-corrected chi connectivity index (χ4v) is 1.15. The van der Waals surface area contributed by atoms with Gasteiger partial charge in [0, 0.05) is 11.9 Å². The number of hydrogen-bond donors (Lipinski definition) is 2. The van der Waals surface area contributed by atoms with Gasteiger partial charge in [0.15, 0.2) is 0 Å². The van der Waals surface area contributed by atoms with Crippen LogP contribution < -0.4 is 5.32 Å². The molecule has 0 fully saturated rings. The summed E-state index contributed by atoms with van der Waals surface area (Å²) in [6.45, 7) is 0.658. The zero-order valence-corrected chi connectivity index (χ0v) is 7.50. The molecule has 0 radical (unpaired) electrons. The molecule has 3 nitrogen and oxygen atoms in total. The smallest absolute Gasteiger partial charge is 0.123 e. The van der Waals surface area contributed by atoms with Crippen molar-refractivity contribution in [2.75, 3.05) is 5.32 Å². The first-order chi connectivity index (χ1) is 6.84. The van der Waals surface area contributed by atoms with E-state index in [1.807, 2.05) is 6.07 Å². The van der Waals surface area contributed by atoms with Gasteiger partial charge < -0.3 is 5.32 Å². The van der Waals surface area contributed by atoms with Crippen molar-refractivity contribution in [3.8, 4) is 0 Å². The third-order valence-corrected chi connectivity index (χ3v) is 1.89. The Kier molecular flexibility index (Phi) is 2.44. The number of aromatic amines is 1. The maximum Gasteiger partial charge on any atom is 0.123 e. The van der Waals surface area contributed by atoms with Crippen LogP contribution in [0.25, 0.3) is 0 Å². The molecule has 2 N–H and O–H groups in total. The molecule has 0 amide bonds. The van der Waals surface area contributed by atoms with E-state index in [2.05, 4.69) is 15.5 Å². The molecule has 1 aromatic carbocycles. The second kappa shape index (κ2) is 3.91. The average molecular weight is 191 g/mol. The average Bonchev–Trinajstić information content (AvgIpc) is 2.70. The molecule has 0 aliphatic carbocycles. The lowest BCUT2D eigenvalue weighted by molar-refractivity contribution is 0.628. The highest BCUT2D eigenvalue weighted by Crippen LogP contribution is 2.09. The van der Waals surface area contributed by atoms with Crippen molar-refractivity contribution in [1.82, 2.24) is 10.2 Å². The molecule has 1 aromatic heterocycles. The highest BCUT2D eigenvalue weighted by Gasteiger charge is 1.94. The van der Waals surface area contributed by atoms with Crippen molar-refractivity contribution >= 4 is 5.69 Å². The summed E-state index contributed by atoms with van der Waals surface area (Å²) in [7, 11) is 0. The molecule has 2 aromatic rings. The minimum absolute atomic E-state index is 0.225. The van der Waals surface area contributed by atoms with Crippen LogP contribution >= 0.6 is 0 Å². The standard InChI is InChI=1S/C10H10FN3/c11-8-1-3-9(4-2-8)12-7-10-5-6-13-14-10/h1-6,12H,7H2,(H,13,14). The summed E-state index contributed by atoms with van der Waals surface area (Å²) in [6, 6.07) is 8.14. The van der Waals surface area contributed by atoms with Crippen molar-refractivity contribution in [3.05, 3.63) is 48.0 Å². The van der Waals surface area contributed by atoms with Gasteiger partial charge in [0.1, 0.15) is 5.82 Å². The Morgan fingerprint density at radius 3 is 2.64 bits per heavy atom. The fraction of sp³-hybridized carbons (Fsp3) is 0.100. The first kappa shape index (κ1) is 8.74. The van der Waals surface area contributed by atoms with Crippen molar-refractivity contribution < 1.29 is 4.39 Å². The van der Waals surface area contributed by atoms with E-state index in [0.717, 1.165) is 11.4 Å². The van der Waals surface area contributed by atoms with Gasteiger partial charge in [0.2, 0.25) is 0 Å². The molecule has 2 rings (SSSR count). The third kappa shape index (κ3) is 2.10. The number of anilines is 1.